The molecule has 2 aromatic carbocycles. The Labute approximate surface area is 148 Å². The van der Waals surface area contributed by atoms with Gasteiger partial charge in [-0.25, -0.2) is 0 Å². The van der Waals surface area contributed by atoms with Crippen LogP contribution in [0.3, 0.4) is 0 Å². The second-order valence-corrected chi connectivity index (χ2v) is 6.21. The Morgan fingerprint density at radius 1 is 0.960 bits per heavy atom. The van der Waals surface area contributed by atoms with Gasteiger partial charge in [-0.3, -0.25) is 9.59 Å². The van der Waals surface area contributed by atoms with E-state index in [1.807, 2.05) is 26.8 Å². The van der Waals surface area contributed by atoms with Gasteiger partial charge in [-0.1, -0.05) is 6.07 Å². The zero-order valence-electron chi connectivity index (χ0n) is 15.3. The van der Waals surface area contributed by atoms with Crippen LogP contribution in [-0.4, -0.2) is 17.9 Å². The van der Waals surface area contributed by atoms with Crippen LogP contribution in [0.4, 0.5) is 11.4 Å². The number of amides is 2. The van der Waals surface area contributed by atoms with Gasteiger partial charge in [0.15, 0.2) is 6.10 Å². The van der Waals surface area contributed by atoms with Gasteiger partial charge in [0.05, 0.1) is 0 Å². The number of carbonyl (C=O) groups excluding carboxylic acids is 2. The molecule has 25 heavy (non-hydrogen) atoms. The number of carbonyl (C=O) groups is 2. The summed E-state index contributed by atoms with van der Waals surface area (Å²) >= 11 is 0. The molecule has 0 saturated heterocycles. The van der Waals surface area contributed by atoms with Crippen molar-refractivity contribution in [1.29, 1.82) is 0 Å². The summed E-state index contributed by atoms with van der Waals surface area (Å²) in [5.41, 5.74) is 4.59. The van der Waals surface area contributed by atoms with E-state index in [9.17, 15) is 9.59 Å². The summed E-state index contributed by atoms with van der Waals surface area (Å²) in [7, 11) is 0. The molecule has 0 bridgehead atoms. The van der Waals surface area contributed by atoms with Gasteiger partial charge >= 0.3 is 0 Å². The van der Waals surface area contributed by atoms with Crippen molar-refractivity contribution in [2.24, 2.45) is 0 Å². The molecule has 0 aliphatic rings. The topological polar surface area (TPSA) is 67.4 Å². The number of rotatable bonds is 5. The summed E-state index contributed by atoms with van der Waals surface area (Å²) in [6.45, 7) is 9.18. The maximum atomic E-state index is 12.4. The summed E-state index contributed by atoms with van der Waals surface area (Å²) < 4.78 is 5.85. The number of benzene rings is 2. The van der Waals surface area contributed by atoms with Crippen LogP contribution >= 0.6 is 0 Å². The molecule has 0 heterocycles. The van der Waals surface area contributed by atoms with Gasteiger partial charge in [0.2, 0.25) is 5.91 Å². The van der Waals surface area contributed by atoms with Crippen LogP contribution < -0.4 is 15.4 Å². The van der Waals surface area contributed by atoms with E-state index in [-0.39, 0.29) is 11.8 Å². The minimum Gasteiger partial charge on any atom is -0.481 e. The fraction of sp³-hybridized carbons (Fsp3) is 0.300. The lowest BCUT2D eigenvalue weighted by atomic mass is 10.1. The highest BCUT2D eigenvalue weighted by Crippen LogP contribution is 2.24. The lowest BCUT2D eigenvalue weighted by Gasteiger charge is -2.18. The number of aryl methyl sites for hydroxylation is 2. The third kappa shape index (κ3) is 5.08. The maximum Gasteiger partial charge on any atom is 0.265 e. The molecule has 0 aromatic heterocycles. The Kier molecular flexibility index (Phi) is 5.80. The molecular weight excluding hydrogens is 316 g/mol. The van der Waals surface area contributed by atoms with Crippen LogP contribution in [0.15, 0.2) is 36.4 Å². The van der Waals surface area contributed by atoms with Gasteiger partial charge < -0.3 is 15.4 Å². The highest BCUT2D eigenvalue weighted by molar-refractivity contribution is 5.94. The third-order valence-electron chi connectivity index (χ3n) is 3.91. The van der Waals surface area contributed by atoms with E-state index in [0.717, 1.165) is 22.4 Å². The van der Waals surface area contributed by atoms with E-state index in [2.05, 4.69) is 16.7 Å². The molecule has 0 spiro atoms. The maximum absolute atomic E-state index is 12.4. The van der Waals surface area contributed by atoms with Crippen molar-refractivity contribution in [1.82, 2.24) is 0 Å². The van der Waals surface area contributed by atoms with Crippen molar-refractivity contribution in [3.05, 3.63) is 53.1 Å². The van der Waals surface area contributed by atoms with Gasteiger partial charge in [0.25, 0.3) is 5.91 Å². The van der Waals surface area contributed by atoms with Crippen LogP contribution in [-0.2, 0) is 9.59 Å². The number of anilines is 2. The minimum atomic E-state index is -0.630. The van der Waals surface area contributed by atoms with E-state index >= 15 is 0 Å². The lowest BCUT2D eigenvalue weighted by Crippen LogP contribution is -2.30. The van der Waals surface area contributed by atoms with E-state index in [1.165, 1.54) is 6.92 Å². The predicted molar refractivity (Wildman–Crippen MR) is 100 cm³/mol. The van der Waals surface area contributed by atoms with Gasteiger partial charge in [0, 0.05) is 18.3 Å². The summed E-state index contributed by atoms with van der Waals surface area (Å²) in [6.07, 6.45) is -0.630. The Hall–Kier alpha value is -2.82. The zero-order chi connectivity index (χ0) is 18.6. The first-order valence-corrected chi connectivity index (χ1v) is 8.19. The van der Waals surface area contributed by atoms with Crippen molar-refractivity contribution in [3.63, 3.8) is 0 Å². The van der Waals surface area contributed by atoms with Crippen molar-refractivity contribution < 1.29 is 14.3 Å². The summed E-state index contributed by atoms with van der Waals surface area (Å²) in [5.74, 6) is 0.356. The lowest BCUT2D eigenvalue weighted by molar-refractivity contribution is -0.122. The molecule has 2 amide bonds. The number of hydrogen-bond donors (Lipinski definition) is 2. The summed E-state index contributed by atoms with van der Waals surface area (Å²) in [6, 6.07) is 11.0. The Morgan fingerprint density at radius 2 is 1.52 bits per heavy atom. The Balaban J connectivity index is 2.02. The Morgan fingerprint density at radius 3 is 2.08 bits per heavy atom. The average Bonchev–Trinajstić information content (AvgIpc) is 2.53. The normalized spacial score (nSPS) is 11.6. The van der Waals surface area contributed by atoms with E-state index in [0.29, 0.717) is 11.4 Å². The van der Waals surface area contributed by atoms with E-state index in [1.54, 1.807) is 31.2 Å². The molecule has 132 valence electrons. The first-order valence-electron chi connectivity index (χ1n) is 8.19. The van der Waals surface area contributed by atoms with E-state index < -0.39 is 6.10 Å². The smallest absolute Gasteiger partial charge is 0.265 e. The summed E-state index contributed by atoms with van der Waals surface area (Å²) in [4.78, 5) is 23.4. The number of ether oxygens (including phenoxy) is 1. The molecule has 2 aromatic rings. The number of hydrogen-bond acceptors (Lipinski definition) is 3. The fourth-order valence-corrected chi connectivity index (χ4v) is 2.45. The van der Waals surface area contributed by atoms with Crippen molar-refractivity contribution in [2.45, 2.75) is 40.7 Å². The predicted octanol–water partition coefficient (Wildman–Crippen LogP) is 3.98. The van der Waals surface area contributed by atoms with Gasteiger partial charge in [-0.05, 0) is 74.7 Å². The van der Waals surface area contributed by atoms with E-state index in [4.69, 9.17) is 4.74 Å². The molecule has 0 fully saturated rings. The molecular formula is C20H24N2O3. The van der Waals surface area contributed by atoms with Gasteiger partial charge in [0.1, 0.15) is 5.75 Å². The summed E-state index contributed by atoms with van der Waals surface area (Å²) in [5, 5.41) is 5.50. The first-order chi connectivity index (χ1) is 11.8. The van der Waals surface area contributed by atoms with Crippen LogP contribution in [0.1, 0.15) is 30.5 Å². The largest absolute Gasteiger partial charge is 0.481 e. The average molecular weight is 340 g/mol. The third-order valence-corrected chi connectivity index (χ3v) is 3.91. The molecule has 2 rings (SSSR count). The molecule has 5 heteroatoms. The molecule has 0 radical (unpaired) electrons. The van der Waals surface area contributed by atoms with Gasteiger partial charge in [-0.15, -0.1) is 0 Å². The highest BCUT2D eigenvalue weighted by atomic mass is 16.5. The molecule has 5 nitrogen and oxygen atoms in total. The van der Waals surface area contributed by atoms with Crippen molar-refractivity contribution >= 4 is 23.2 Å². The molecule has 0 aliphatic heterocycles. The monoisotopic (exact) mass is 340 g/mol. The van der Waals surface area contributed by atoms with Crippen molar-refractivity contribution in [2.75, 3.05) is 10.6 Å². The fourth-order valence-electron chi connectivity index (χ4n) is 2.45. The molecule has 0 aliphatic carbocycles. The van der Waals surface area contributed by atoms with Crippen LogP contribution in [0.5, 0.6) is 5.75 Å². The second kappa shape index (κ2) is 7.83. The first kappa shape index (κ1) is 18.5. The number of nitrogens with one attached hydrogen (secondary N) is 2. The molecule has 0 unspecified atom stereocenters. The van der Waals surface area contributed by atoms with Crippen LogP contribution in [0.25, 0.3) is 0 Å². The van der Waals surface area contributed by atoms with Crippen LogP contribution in [0.2, 0.25) is 0 Å². The molecule has 2 N–H and O–H groups in total. The Bertz CT molecular complexity index is 782. The SMILES string of the molecule is CC(=O)Nc1ccc(NC(=O)[C@H](C)Oc2cc(C)cc(C)c2C)cc1. The highest BCUT2D eigenvalue weighted by Gasteiger charge is 2.16. The van der Waals surface area contributed by atoms with Gasteiger partial charge in [-0.2, -0.15) is 0 Å². The quantitative estimate of drug-likeness (QED) is 0.865. The minimum absolute atomic E-state index is 0.136. The van der Waals surface area contributed by atoms with Crippen molar-refractivity contribution in [3.8, 4) is 5.75 Å². The van der Waals surface area contributed by atoms with Crippen LogP contribution in [0, 0.1) is 20.8 Å². The zero-order valence-corrected chi connectivity index (χ0v) is 15.3. The standard InChI is InChI=1S/C20H24N2O3/c1-12-10-13(2)14(3)19(11-12)25-15(4)20(24)22-18-8-6-17(7-9-18)21-16(5)23/h6-11,15H,1-5H3,(H,21,23)(H,22,24)/t15-/m0/s1. The second-order valence-electron chi connectivity index (χ2n) is 6.21. The molecule has 0 saturated carbocycles. The molecule has 1 atom stereocenters.